The molecule has 1 unspecified atom stereocenters. The fraction of sp³-hybridized carbons (Fsp3) is 0.650. The number of H-pyrrole nitrogens is 1. The zero-order valence-corrected chi connectivity index (χ0v) is 17.1. The molecule has 0 saturated carbocycles. The van der Waals surface area contributed by atoms with Crippen molar-refractivity contribution >= 4 is 27.3 Å². The smallest absolute Gasteiger partial charge is 0.260 e. The van der Waals surface area contributed by atoms with Gasteiger partial charge in [0.25, 0.3) is 5.56 Å². The molecule has 0 radical (unpaired) electrons. The highest BCUT2D eigenvalue weighted by Gasteiger charge is 2.38. The molecular formula is C20H27N3O3S. The molecule has 7 heteroatoms. The lowest BCUT2D eigenvalue weighted by Crippen LogP contribution is -2.41. The molecule has 2 aromatic heterocycles. The van der Waals surface area contributed by atoms with Gasteiger partial charge in [-0.1, -0.05) is 0 Å². The summed E-state index contributed by atoms with van der Waals surface area (Å²) in [6.45, 7) is 6.28. The van der Waals surface area contributed by atoms with Crippen molar-refractivity contribution in [2.45, 2.75) is 52.1 Å². The van der Waals surface area contributed by atoms with Crippen LogP contribution < -0.4 is 5.56 Å². The second-order valence-corrected chi connectivity index (χ2v) is 9.12. The minimum atomic E-state index is -0.604. The average molecular weight is 390 g/mol. The fourth-order valence-corrected chi connectivity index (χ4v) is 5.89. The van der Waals surface area contributed by atoms with Crippen molar-refractivity contribution < 1.29 is 9.53 Å². The summed E-state index contributed by atoms with van der Waals surface area (Å²) in [6.07, 6.45) is 4.95. The number of ketones is 1. The first-order valence-corrected chi connectivity index (χ1v) is 10.6. The number of thiophene rings is 1. The molecule has 0 aromatic carbocycles. The Labute approximate surface area is 162 Å². The van der Waals surface area contributed by atoms with Crippen molar-refractivity contribution in [2.24, 2.45) is 5.41 Å². The summed E-state index contributed by atoms with van der Waals surface area (Å²) in [4.78, 5) is 36.8. The second-order valence-electron chi connectivity index (χ2n) is 8.04. The molecule has 1 N–H and O–H groups in total. The number of Topliss-reactive ketones (excluding diaryl/α,β-unsaturated/α-hetero) is 1. The maximum atomic E-state index is 12.7. The normalized spacial score (nSPS) is 20.7. The third-order valence-corrected chi connectivity index (χ3v) is 7.38. The first kappa shape index (κ1) is 18.8. The van der Waals surface area contributed by atoms with Crippen molar-refractivity contribution in [3.8, 4) is 0 Å². The summed E-state index contributed by atoms with van der Waals surface area (Å²) < 4.78 is 5.36. The first-order chi connectivity index (χ1) is 12.9. The van der Waals surface area contributed by atoms with E-state index in [2.05, 4.69) is 21.9 Å². The number of ether oxygens (including phenoxy) is 1. The molecule has 4 rings (SSSR count). The van der Waals surface area contributed by atoms with E-state index in [0.717, 1.165) is 37.9 Å². The Hall–Kier alpha value is -1.57. The fourth-order valence-electron chi connectivity index (χ4n) is 4.49. The largest absolute Gasteiger partial charge is 0.370 e. The van der Waals surface area contributed by atoms with Crippen LogP contribution in [0.25, 0.3) is 10.2 Å². The highest BCUT2D eigenvalue weighted by molar-refractivity contribution is 7.18. The van der Waals surface area contributed by atoms with Crippen molar-refractivity contribution in [1.29, 1.82) is 0 Å². The van der Waals surface area contributed by atoms with E-state index in [4.69, 9.17) is 4.74 Å². The first-order valence-electron chi connectivity index (χ1n) is 9.81. The van der Waals surface area contributed by atoms with E-state index in [1.165, 1.54) is 17.7 Å². The van der Waals surface area contributed by atoms with Crippen molar-refractivity contribution in [3.63, 3.8) is 0 Å². The van der Waals surface area contributed by atoms with Crippen LogP contribution in [0.5, 0.6) is 0 Å². The number of nitrogens with zero attached hydrogens (tertiary/aromatic N) is 2. The minimum absolute atomic E-state index is 0.112. The molecule has 1 aliphatic carbocycles. The van der Waals surface area contributed by atoms with Gasteiger partial charge in [0.1, 0.15) is 10.9 Å². The number of rotatable bonds is 4. The van der Waals surface area contributed by atoms with Gasteiger partial charge in [0.15, 0.2) is 5.82 Å². The number of likely N-dealkylation sites (tertiary alicyclic amines) is 1. The van der Waals surface area contributed by atoms with Gasteiger partial charge in [-0.25, -0.2) is 4.98 Å². The lowest BCUT2D eigenvalue weighted by molar-refractivity contribution is 0.0511. The van der Waals surface area contributed by atoms with Gasteiger partial charge in [-0.05, 0) is 77.1 Å². The number of carbonyl (C=O) groups excluding carboxylic acids is 1. The number of piperidine rings is 1. The van der Waals surface area contributed by atoms with Crippen LogP contribution in [0.4, 0.5) is 0 Å². The molecule has 0 amide bonds. The summed E-state index contributed by atoms with van der Waals surface area (Å²) in [5, 5.41) is 0.693. The zero-order chi connectivity index (χ0) is 19.2. The lowest BCUT2D eigenvalue weighted by atomic mass is 9.68. The van der Waals surface area contributed by atoms with Gasteiger partial charge >= 0.3 is 0 Å². The van der Waals surface area contributed by atoms with Gasteiger partial charge in [-0.3, -0.25) is 9.59 Å². The minimum Gasteiger partial charge on any atom is -0.370 e. The van der Waals surface area contributed by atoms with E-state index in [9.17, 15) is 9.59 Å². The maximum absolute atomic E-state index is 12.7. The van der Waals surface area contributed by atoms with Crippen LogP contribution in [-0.4, -0.2) is 53.5 Å². The Morgan fingerprint density at radius 1 is 1.37 bits per heavy atom. The predicted molar refractivity (Wildman–Crippen MR) is 107 cm³/mol. The van der Waals surface area contributed by atoms with Crippen molar-refractivity contribution in [2.75, 3.05) is 26.7 Å². The number of hydrogen-bond donors (Lipinski definition) is 1. The Balaban J connectivity index is 1.68. The molecule has 1 fully saturated rings. The van der Waals surface area contributed by atoms with E-state index in [-0.39, 0.29) is 17.2 Å². The van der Waals surface area contributed by atoms with E-state index in [0.29, 0.717) is 22.2 Å². The second kappa shape index (κ2) is 7.11. The summed E-state index contributed by atoms with van der Waals surface area (Å²) in [6, 6.07) is 0. The van der Waals surface area contributed by atoms with Crippen LogP contribution >= 0.6 is 11.3 Å². The number of aryl methyl sites for hydroxylation is 1. The van der Waals surface area contributed by atoms with Crippen LogP contribution in [0.2, 0.25) is 0 Å². The molecule has 1 atom stereocenters. The topological polar surface area (TPSA) is 75.3 Å². The van der Waals surface area contributed by atoms with Gasteiger partial charge in [-0.2, -0.15) is 0 Å². The molecular weight excluding hydrogens is 362 g/mol. The average Bonchev–Trinajstić information content (AvgIpc) is 3.01. The summed E-state index contributed by atoms with van der Waals surface area (Å²) in [5.74, 6) is -0.157. The van der Waals surface area contributed by atoms with Crippen molar-refractivity contribution in [3.05, 3.63) is 26.6 Å². The molecule has 2 aromatic rings. The van der Waals surface area contributed by atoms with Gasteiger partial charge in [0, 0.05) is 11.5 Å². The van der Waals surface area contributed by atoms with E-state index < -0.39 is 6.10 Å². The van der Waals surface area contributed by atoms with Gasteiger partial charge in [-0.15, -0.1) is 11.3 Å². The number of aromatic nitrogens is 2. The Morgan fingerprint density at radius 3 is 2.81 bits per heavy atom. The van der Waals surface area contributed by atoms with Crippen LogP contribution in [-0.2, 0) is 17.6 Å². The van der Waals surface area contributed by atoms with Crippen LogP contribution in [0.15, 0.2) is 4.79 Å². The standard InChI is InChI=1S/C20H27N3O3S/c1-4-26-12(2)16(24)17-21-18(25)15-13-5-6-20(7-9-23(3)10-8-20)11-14(13)27-19(15)22-17/h12H,4-11H2,1-3H3,(H,21,22,25). The molecule has 1 saturated heterocycles. The maximum Gasteiger partial charge on any atom is 0.260 e. The Kier molecular flexibility index (Phi) is 4.94. The third-order valence-electron chi connectivity index (χ3n) is 6.25. The molecule has 1 spiro atoms. The van der Waals surface area contributed by atoms with Gasteiger partial charge < -0.3 is 14.6 Å². The number of aromatic amines is 1. The summed E-state index contributed by atoms with van der Waals surface area (Å²) in [5.41, 5.74) is 1.34. The quantitative estimate of drug-likeness (QED) is 0.814. The monoisotopic (exact) mass is 389 g/mol. The SMILES string of the molecule is CCOC(C)C(=O)c1nc2sc3c(c2c(=O)[nH]1)CCC1(CCN(C)CC1)C3. The Morgan fingerprint density at radius 2 is 2.11 bits per heavy atom. The molecule has 2 aliphatic rings. The number of hydrogen-bond acceptors (Lipinski definition) is 6. The molecule has 6 nitrogen and oxygen atoms in total. The summed E-state index contributed by atoms with van der Waals surface area (Å²) in [7, 11) is 2.19. The molecule has 1 aliphatic heterocycles. The van der Waals surface area contributed by atoms with E-state index in [1.54, 1.807) is 18.3 Å². The molecule has 27 heavy (non-hydrogen) atoms. The Bertz CT molecular complexity index is 924. The zero-order valence-electron chi connectivity index (χ0n) is 16.3. The van der Waals surface area contributed by atoms with Crippen LogP contribution in [0.3, 0.4) is 0 Å². The molecule has 0 bridgehead atoms. The predicted octanol–water partition coefficient (Wildman–Crippen LogP) is 2.79. The number of carbonyl (C=O) groups is 1. The highest BCUT2D eigenvalue weighted by atomic mass is 32.1. The van der Waals surface area contributed by atoms with Crippen molar-refractivity contribution in [1.82, 2.24) is 14.9 Å². The van der Waals surface area contributed by atoms with E-state index >= 15 is 0 Å². The lowest BCUT2D eigenvalue weighted by Gasteiger charge is -2.43. The number of nitrogens with one attached hydrogen (secondary N) is 1. The van der Waals surface area contributed by atoms with Crippen LogP contribution in [0, 0.1) is 5.41 Å². The van der Waals surface area contributed by atoms with Gasteiger partial charge in [0.05, 0.1) is 5.39 Å². The molecule has 146 valence electrons. The van der Waals surface area contributed by atoms with Crippen LogP contribution in [0.1, 0.15) is 54.2 Å². The van der Waals surface area contributed by atoms with E-state index in [1.807, 2.05) is 6.92 Å². The third kappa shape index (κ3) is 3.37. The molecule has 3 heterocycles. The van der Waals surface area contributed by atoms with Gasteiger partial charge in [0.2, 0.25) is 5.78 Å². The summed E-state index contributed by atoms with van der Waals surface area (Å²) >= 11 is 1.60. The highest BCUT2D eigenvalue weighted by Crippen LogP contribution is 2.46. The number of fused-ring (bicyclic) bond motifs is 3.